The van der Waals surface area contributed by atoms with Crippen molar-refractivity contribution in [3.63, 3.8) is 0 Å². The quantitative estimate of drug-likeness (QED) is 0.280. The van der Waals surface area contributed by atoms with Crippen LogP contribution in [0.5, 0.6) is 0 Å². The van der Waals surface area contributed by atoms with Crippen LogP contribution in [-0.2, 0) is 18.6 Å². The lowest BCUT2D eigenvalue weighted by Crippen LogP contribution is -2.69. The van der Waals surface area contributed by atoms with Crippen molar-refractivity contribution >= 4 is 18.7 Å². The van der Waals surface area contributed by atoms with Gasteiger partial charge in [0.05, 0.1) is 24.9 Å². The summed E-state index contributed by atoms with van der Waals surface area (Å²) in [4.78, 5) is 0. The van der Waals surface area contributed by atoms with Crippen molar-refractivity contribution in [3.8, 4) is 0 Å². The van der Waals surface area contributed by atoms with E-state index in [1.165, 1.54) is 10.4 Å². The van der Waals surface area contributed by atoms with Gasteiger partial charge < -0.3 is 23.7 Å². The second-order valence-corrected chi connectivity index (χ2v) is 13.8. The molecular formula is C26H40O5Si. The molecule has 0 heterocycles. The van der Waals surface area contributed by atoms with E-state index in [0.717, 1.165) is 0 Å². The standard InChI is InChI=1S/C26H40O5Si/c1-25(2,3)32(22-13-9-7-10-14-22,23-15-11-8-12-16-23)31-24(17-18-27)26(4,5)30-21-29-20-19-28-6/h7-16,24,27H,17-21H2,1-6H3. The fourth-order valence-electron chi connectivity index (χ4n) is 4.06. The first-order valence-electron chi connectivity index (χ1n) is 11.3. The molecule has 5 nitrogen and oxygen atoms in total. The van der Waals surface area contributed by atoms with Crippen LogP contribution < -0.4 is 10.4 Å². The molecule has 0 saturated heterocycles. The monoisotopic (exact) mass is 460 g/mol. The van der Waals surface area contributed by atoms with Crippen molar-refractivity contribution in [2.45, 2.75) is 57.8 Å². The Morgan fingerprint density at radius 2 is 1.38 bits per heavy atom. The highest BCUT2D eigenvalue weighted by Gasteiger charge is 2.53. The first kappa shape index (κ1) is 26.7. The Bertz CT molecular complexity index is 734. The third-order valence-corrected chi connectivity index (χ3v) is 10.9. The van der Waals surface area contributed by atoms with Crippen molar-refractivity contribution in [2.75, 3.05) is 33.7 Å². The van der Waals surface area contributed by atoms with Crippen LogP contribution in [0.3, 0.4) is 0 Å². The van der Waals surface area contributed by atoms with Gasteiger partial charge in [-0.05, 0) is 35.7 Å². The molecule has 1 atom stereocenters. The number of hydrogen-bond acceptors (Lipinski definition) is 5. The zero-order valence-electron chi connectivity index (χ0n) is 20.5. The maximum Gasteiger partial charge on any atom is 0.261 e. The zero-order chi connectivity index (χ0) is 23.7. The van der Waals surface area contributed by atoms with Gasteiger partial charge in [-0.3, -0.25) is 0 Å². The smallest absolute Gasteiger partial charge is 0.261 e. The summed E-state index contributed by atoms with van der Waals surface area (Å²) in [7, 11) is -1.13. The maximum atomic E-state index is 9.91. The van der Waals surface area contributed by atoms with E-state index in [-0.39, 0.29) is 24.5 Å². The Hall–Kier alpha value is -1.54. The lowest BCUT2D eigenvalue weighted by Gasteiger charge is -2.48. The van der Waals surface area contributed by atoms with Crippen LogP contribution in [0.2, 0.25) is 5.04 Å². The van der Waals surface area contributed by atoms with Gasteiger partial charge in [-0.1, -0.05) is 81.4 Å². The number of ether oxygens (including phenoxy) is 3. The Balaban J connectivity index is 2.48. The molecule has 6 heteroatoms. The number of hydrogen-bond donors (Lipinski definition) is 1. The molecule has 0 aliphatic carbocycles. The van der Waals surface area contributed by atoms with Crippen molar-refractivity contribution < 1.29 is 23.7 Å². The van der Waals surface area contributed by atoms with E-state index in [9.17, 15) is 5.11 Å². The summed E-state index contributed by atoms with van der Waals surface area (Å²) in [6.07, 6.45) is 0.139. The fraction of sp³-hybridized carbons (Fsp3) is 0.538. The summed E-state index contributed by atoms with van der Waals surface area (Å²) in [6, 6.07) is 21.0. The molecule has 2 aromatic carbocycles. The number of rotatable bonds is 13. The minimum absolute atomic E-state index is 0.0141. The van der Waals surface area contributed by atoms with Crippen molar-refractivity contribution in [1.82, 2.24) is 0 Å². The van der Waals surface area contributed by atoms with Crippen LogP contribution in [0.25, 0.3) is 0 Å². The summed E-state index contributed by atoms with van der Waals surface area (Å²) >= 11 is 0. The second-order valence-electron chi connectivity index (χ2n) is 9.55. The van der Waals surface area contributed by atoms with E-state index in [2.05, 4.69) is 69.3 Å². The molecule has 0 aromatic heterocycles. The molecule has 0 fully saturated rings. The number of benzene rings is 2. The largest absolute Gasteiger partial charge is 0.401 e. The summed E-state index contributed by atoms with van der Waals surface area (Å²) in [5.41, 5.74) is -0.664. The number of methoxy groups -OCH3 is 1. The molecule has 178 valence electrons. The first-order chi connectivity index (χ1) is 15.2. The Morgan fingerprint density at radius 1 is 0.844 bits per heavy atom. The van der Waals surface area contributed by atoms with Gasteiger partial charge in [-0.2, -0.15) is 0 Å². The summed E-state index contributed by atoms with van der Waals surface area (Å²) < 4.78 is 23.9. The van der Waals surface area contributed by atoms with Crippen LogP contribution in [0.15, 0.2) is 60.7 Å². The van der Waals surface area contributed by atoms with Gasteiger partial charge >= 0.3 is 0 Å². The van der Waals surface area contributed by atoms with Crippen LogP contribution in [0, 0.1) is 0 Å². The molecule has 0 spiro atoms. The first-order valence-corrected chi connectivity index (χ1v) is 13.2. The molecule has 2 aromatic rings. The van der Waals surface area contributed by atoms with Gasteiger partial charge in [0, 0.05) is 13.7 Å². The molecule has 1 N–H and O–H groups in total. The van der Waals surface area contributed by atoms with Crippen molar-refractivity contribution in [1.29, 1.82) is 0 Å². The molecular weight excluding hydrogens is 420 g/mol. The van der Waals surface area contributed by atoms with Gasteiger partial charge in [0.2, 0.25) is 0 Å². The highest BCUT2D eigenvalue weighted by atomic mass is 28.4. The van der Waals surface area contributed by atoms with Gasteiger partial charge in [0.25, 0.3) is 8.32 Å². The van der Waals surface area contributed by atoms with E-state index in [0.29, 0.717) is 19.6 Å². The average Bonchev–Trinajstić information content (AvgIpc) is 2.76. The molecule has 0 bridgehead atoms. The summed E-state index contributed by atoms with van der Waals surface area (Å²) in [5.74, 6) is 0. The Morgan fingerprint density at radius 3 is 1.81 bits per heavy atom. The average molecular weight is 461 g/mol. The summed E-state index contributed by atoms with van der Waals surface area (Å²) in [6.45, 7) is 11.9. The predicted octanol–water partition coefficient (Wildman–Crippen LogP) is 3.73. The molecule has 1 unspecified atom stereocenters. The third kappa shape index (κ3) is 6.50. The van der Waals surface area contributed by atoms with Crippen LogP contribution in [0.4, 0.5) is 0 Å². The van der Waals surface area contributed by atoms with Crippen LogP contribution in [0.1, 0.15) is 41.0 Å². The van der Waals surface area contributed by atoms with E-state index < -0.39 is 13.9 Å². The highest BCUT2D eigenvalue weighted by Crippen LogP contribution is 2.39. The number of aliphatic hydroxyl groups excluding tert-OH is 1. The molecule has 0 amide bonds. The molecule has 0 aliphatic heterocycles. The topological polar surface area (TPSA) is 57.2 Å². The normalized spacial score (nSPS) is 13.8. The van der Waals surface area contributed by atoms with E-state index in [1.54, 1.807) is 7.11 Å². The van der Waals surface area contributed by atoms with Gasteiger partial charge in [-0.15, -0.1) is 0 Å². The maximum absolute atomic E-state index is 9.91. The summed E-state index contributed by atoms with van der Waals surface area (Å²) in [5, 5.41) is 12.2. The van der Waals surface area contributed by atoms with E-state index in [4.69, 9.17) is 18.6 Å². The van der Waals surface area contributed by atoms with Gasteiger partial charge in [0.1, 0.15) is 6.79 Å². The predicted molar refractivity (Wildman–Crippen MR) is 132 cm³/mol. The minimum atomic E-state index is -2.77. The lowest BCUT2D eigenvalue weighted by molar-refractivity contribution is -0.169. The van der Waals surface area contributed by atoms with Crippen molar-refractivity contribution in [2.24, 2.45) is 0 Å². The van der Waals surface area contributed by atoms with Gasteiger partial charge in [0.15, 0.2) is 0 Å². The minimum Gasteiger partial charge on any atom is -0.401 e. The Kier molecular flexibility index (Phi) is 10.1. The molecule has 32 heavy (non-hydrogen) atoms. The molecule has 0 radical (unpaired) electrons. The zero-order valence-corrected chi connectivity index (χ0v) is 21.5. The highest BCUT2D eigenvalue weighted by molar-refractivity contribution is 6.99. The van der Waals surface area contributed by atoms with E-state index in [1.807, 2.05) is 26.0 Å². The fourth-order valence-corrected chi connectivity index (χ4v) is 8.90. The van der Waals surface area contributed by atoms with E-state index >= 15 is 0 Å². The van der Waals surface area contributed by atoms with Crippen molar-refractivity contribution in [3.05, 3.63) is 60.7 Å². The van der Waals surface area contributed by atoms with Gasteiger partial charge in [-0.25, -0.2) is 0 Å². The van der Waals surface area contributed by atoms with Crippen LogP contribution in [-0.4, -0.2) is 58.9 Å². The second kappa shape index (κ2) is 12.1. The third-order valence-electron chi connectivity index (χ3n) is 5.85. The molecule has 0 aliphatic rings. The molecule has 0 saturated carbocycles. The number of aliphatic hydroxyl groups is 1. The lowest BCUT2D eigenvalue weighted by atomic mass is 9.99. The molecule has 2 rings (SSSR count). The SMILES string of the molecule is COCCOCOC(C)(C)C(CCO)O[Si](c1ccccc1)(c1ccccc1)C(C)(C)C. The Labute approximate surface area is 194 Å². The van der Waals surface area contributed by atoms with Crippen LogP contribution >= 0.6 is 0 Å².